The molecular formula is C13H9ClFN3O3. The molecule has 0 atom stereocenters. The number of carbonyl (C=O) groups excluding carboxylic acids is 1. The van der Waals surface area contributed by atoms with E-state index in [0.717, 1.165) is 12.3 Å². The molecule has 2 aromatic rings. The first-order chi connectivity index (χ1) is 9.90. The Balaban J connectivity index is 2.39. The van der Waals surface area contributed by atoms with Gasteiger partial charge in [0.2, 0.25) is 0 Å². The van der Waals surface area contributed by atoms with E-state index >= 15 is 0 Å². The third kappa shape index (κ3) is 3.14. The van der Waals surface area contributed by atoms with Crippen LogP contribution in [0, 0.1) is 22.9 Å². The SMILES string of the molecule is Cc1c(F)cccc1NC(=O)c1cc(Cl)ncc1[N+](=O)[O-]. The van der Waals surface area contributed by atoms with E-state index in [4.69, 9.17) is 11.6 Å². The fourth-order valence-electron chi connectivity index (χ4n) is 1.68. The average molecular weight is 310 g/mol. The molecule has 1 N–H and O–H groups in total. The maximum Gasteiger partial charge on any atom is 0.300 e. The molecule has 0 fully saturated rings. The number of aromatic nitrogens is 1. The average Bonchev–Trinajstić information content (AvgIpc) is 2.43. The number of nitrogens with zero attached hydrogens (tertiary/aromatic N) is 2. The van der Waals surface area contributed by atoms with Gasteiger partial charge < -0.3 is 5.32 Å². The second-order valence-electron chi connectivity index (χ2n) is 4.15. The van der Waals surface area contributed by atoms with Crippen LogP contribution in [0.5, 0.6) is 0 Å². The first kappa shape index (κ1) is 14.9. The van der Waals surface area contributed by atoms with E-state index in [9.17, 15) is 19.3 Å². The molecule has 0 unspecified atom stereocenters. The van der Waals surface area contributed by atoms with Gasteiger partial charge in [0.05, 0.1) is 4.92 Å². The number of nitro groups is 1. The van der Waals surface area contributed by atoms with Gasteiger partial charge in [-0.15, -0.1) is 0 Å². The summed E-state index contributed by atoms with van der Waals surface area (Å²) in [6.45, 7) is 1.49. The number of anilines is 1. The Morgan fingerprint density at radius 1 is 1.48 bits per heavy atom. The smallest absolute Gasteiger partial charge is 0.300 e. The molecule has 0 radical (unpaired) electrons. The largest absolute Gasteiger partial charge is 0.321 e. The van der Waals surface area contributed by atoms with Gasteiger partial charge in [-0.1, -0.05) is 17.7 Å². The lowest BCUT2D eigenvalue weighted by Gasteiger charge is -2.09. The summed E-state index contributed by atoms with van der Waals surface area (Å²) in [4.78, 5) is 25.9. The van der Waals surface area contributed by atoms with Gasteiger partial charge in [-0.3, -0.25) is 14.9 Å². The van der Waals surface area contributed by atoms with Gasteiger partial charge >= 0.3 is 0 Å². The van der Waals surface area contributed by atoms with Gasteiger partial charge in [0, 0.05) is 11.3 Å². The number of nitrogens with one attached hydrogen (secondary N) is 1. The lowest BCUT2D eigenvalue weighted by Crippen LogP contribution is -2.15. The fourth-order valence-corrected chi connectivity index (χ4v) is 1.84. The zero-order valence-corrected chi connectivity index (χ0v) is 11.5. The van der Waals surface area contributed by atoms with Gasteiger partial charge in [0.1, 0.15) is 22.7 Å². The van der Waals surface area contributed by atoms with Gasteiger partial charge in [-0.2, -0.15) is 0 Å². The Morgan fingerprint density at radius 2 is 2.19 bits per heavy atom. The van der Waals surface area contributed by atoms with E-state index in [-0.39, 0.29) is 22.0 Å². The van der Waals surface area contributed by atoms with Crippen molar-refractivity contribution in [1.82, 2.24) is 4.98 Å². The van der Waals surface area contributed by atoms with Crippen LogP contribution in [-0.4, -0.2) is 15.8 Å². The van der Waals surface area contributed by atoms with Crippen molar-refractivity contribution >= 4 is 28.9 Å². The molecule has 1 heterocycles. The molecule has 2 rings (SSSR count). The highest BCUT2D eigenvalue weighted by Gasteiger charge is 2.22. The molecule has 6 nitrogen and oxygen atoms in total. The predicted molar refractivity (Wildman–Crippen MR) is 75.0 cm³/mol. The summed E-state index contributed by atoms with van der Waals surface area (Å²) in [5.41, 5.74) is -0.273. The highest BCUT2D eigenvalue weighted by atomic mass is 35.5. The van der Waals surface area contributed by atoms with Gasteiger partial charge in [0.15, 0.2) is 0 Å². The quantitative estimate of drug-likeness (QED) is 0.535. The minimum atomic E-state index is -0.764. The Kier molecular flexibility index (Phi) is 4.13. The molecular weight excluding hydrogens is 301 g/mol. The fraction of sp³-hybridized carbons (Fsp3) is 0.0769. The second-order valence-corrected chi connectivity index (χ2v) is 4.54. The third-order valence-electron chi connectivity index (χ3n) is 2.81. The molecule has 1 aromatic carbocycles. The molecule has 21 heavy (non-hydrogen) atoms. The van der Waals surface area contributed by atoms with Crippen molar-refractivity contribution in [2.45, 2.75) is 6.92 Å². The summed E-state index contributed by atoms with van der Waals surface area (Å²) < 4.78 is 13.4. The monoisotopic (exact) mass is 309 g/mol. The summed E-state index contributed by atoms with van der Waals surface area (Å²) in [6, 6.07) is 5.25. The Bertz CT molecular complexity index is 737. The number of hydrogen-bond donors (Lipinski definition) is 1. The summed E-state index contributed by atoms with van der Waals surface area (Å²) >= 11 is 5.65. The van der Waals surface area contributed by atoms with Crippen molar-refractivity contribution in [3.63, 3.8) is 0 Å². The van der Waals surface area contributed by atoms with Gasteiger partial charge in [-0.25, -0.2) is 9.37 Å². The van der Waals surface area contributed by atoms with E-state index in [2.05, 4.69) is 10.3 Å². The summed E-state index contributed by atoms with van der Waals surface area (Å²) in [5, 5.41) is 13.3. The minimum absolute atomic E-state index is 0.0540. The zero-order chi connectivity index (χ0) is 15.6. The van der Waals surface area contributed by atoms with E-state index in [1.54, 1.807) is 0 Å². The summed E-state index contributed by atoms with van der Waals surface area (Å²) in [7, 11) is 0. The number of amides is 1. The van der Waals surface area contributed by atoms with Gasteiger partial charge in [-0.05, 0) is 25.1 Å². The van der Waals surface area contributed by atoms with Gasteiger partial charge in [0.25, 0.3) is 11.6 Å². The first-order valence-electron chi connectivity index (χ1n) is 5.76. The molecule has 0 saturated heterocycles. The second kappa shape index (κ2) is 5.84. The van der Waals surface area contributed by atoms with Crippen LogP contribution in [-0.2, 0) is 0 Å². The minimum Gasteiger partial charge on any atom is -0.321 e. The first-order valence-corrected chi connectivity index (χ1v) is 6.14. The third-order valence-corrected chi connectivity index (χ3v) is 3.01. The van der Waals surface area contributed by atoms with Crippen LogP contribution in [0.1, 0.15) is 15.9 Å². The number of benzene rings is 1. The Morgan fingerprint density at radius 3 is 2.86 bits per heavy atom. The normalized spacial score (nSPS) is 10.2. The molecule has 108 valence electrons. The molecule has 0 saturated carbocycles. The molecule has 8 heteroatoms. The predicted octanol–water partition coefficient (Wildman–Crippen LogP) is 3.34. The standard InChI is InChI=1S/C13H9ClFN3O3/c1-7-9(15)3-2-4-10(7)17-13(19)8-5-12(14)16-6-11(8)18(20)21/h2-6H,1H3,(H,17,19). The van der Waals surface area contributed by atoms with Crippen molar-refractivity contribution in [2.24, 2.45) is 0 Å². The molecule has 0 bridgehead atoms. The van der Waals surface area contributed by atoms with Crippen LogP contribution >= 0.6 is 11.6 Å². The van der Waals surface area contributed by atoms with E-state index < -0.39 is 22.3 Å². The number of carbonyl (C=O) groups is 1. The van der Waals surface area contributed by atoms with Crippen LogP contribution in [0.4, 0.5) is 15.8 Å². The number of pyridine rings is 1. The highest BCUT2D eigenvalue weighted by molar-refractivity contribution is 6.30. The van der Waals surface area contributed by atoms with Crippen LogP contribution in [0.25, 0.3) is 0 Å². The molecule has 1 amide bonds. The van der Waals surface area contributed by atoms with Crippen molar-refractivity contribution in [3.05, 3.63) is 62.7 Å². The van der Waals surface area contributed by atoms with Crippen molar-refractivity contribution in [1.29, 1.82) is 0 Å². The zero-order valence-electron chi connectivity index (χ0n) is 10.8. The van der Waals surface area contributed by atoms with E-state index in [1.165, 1.54) is 25.1 Å². The Hall–Kier alpha value is -2.54. The molecule has 0 spiro atoms. The van der Waals surface area contributed by atoms with Crippen LogP contribution in [0.15, 0.2) is 30.5 Å². The maximum absolute atomic E-state index is 13.4. The number of rotatable bonds is 3. The Labute approximate surface area is 123 Å². The number of hydrogen-bond acceptors (Lipinski definition) is 4. The molecule has 0 aliphatic heterocycles. The molecule has 0 aliphatic carbocycles. The van der Waals surface area contributed by atoms with E-state index in [1.807, 2.05) is 0 Å². The molecule has 1 aromatic heterocycles. The highest BCUT2D eigenvalue weighted by Crippen LogP contribution is 2.23. The summed E-state index contributed by atoms with van der Waals surface area (Å²) in [6.07, 6.45) is 0.898. The van der Waals surface area contributed by atoms with Crippen LogP contribution in [0.2, 0.25) is 5.15 Å². The van der Waals surface area contributed by atoms with Crippen molar-refractivity contribution in [3.8, 4) is 0 Å². The van der Waals surface area contributed by atoms with Crippen LogP contribution < -0.4 is 5.32 Å². The number of halogens is 2. The molecule has 0 aliphatic rings. The lowest BCUT2D eigenvalue weighted by atomic mass is 10.1. The lowest BCUT2D eigenvalue weighted by molar-refractivity contribution is -0.385. The summed E-state index contributed by atoms with van der Waals surface area (Å²) in [5.74, 6) is -1.25. The van der Waals surface area contributed by atoms with Crippen LogP contribution in [0.3, 0.4) is 0 Å². The van der Waals surface area contributed by atoms with E-state index in [0.29, 0.717) is 0 Å². The maximum atomic E-state index is 13.4. The topological polar surface area (TPSA) is 85.1 Å². The van der Waals surface area contributed by atoms with Crippen molar-refractivity contribution < 1.29 is 14.1 Å². The van der Waals surface area contributed by atoms with Crippen molar-refractivity contribution in [2.75, 3.05) is 5.32 Å².